The van der Waals surface area contributed by atoms with Crippen molar-refractivity contribution in [1.29, 1.82) is 0 Å². The number of thiophene rings is 1. The van der Waals surface area contributed by atoms with Crippen molar-refractivity contribution < 1.29 is 57.1 Å². The van der Waals surface area contributed by atoms with Crippen LogP contribution >= 0.6 is 11.3 Å². The third-order valence-corrected chi connectivity index (χ3v) is 8.19. The van der Waals surface area contributed by atoms with E-state index < -0.39 is 21.1 Å². The number of aliphatic hydroxyl groups excluding tert-OH is 1. The summed E-state index contributed by atoms with van der Waals surface area (Å²) < 4.78 is 47.2. The van der Waals surface area contributed by atoms with Gasteiger partial charge < -0.3 is 19.1 Å². The minimum Gasteiger partial charge on any atom is -0.744 e. The SMILES string of the molecule is CCCCCCCCCCC#CC(O)c1ccc(-c2ccc(Oc3ccc(OCC)cc3)c(S(=O)(=O)[O-])c2)s1.[Na+]. The van der Waals surface area contributed by atoms with Gasteiger partial charge in [0.1, 0.15) is 33.5 Å². The standard InChI is InChI=1S/C31H38O6S2.Na/c1-3-5-6-7-8-9-10-11-12-13-14-27(32)30-22-21-29(38-30)24-15-20-28(31(23-24)39(33,34)35)37-26-18-16-25(17-19-26)36-4-2;/h15-23,27,32H,3-12H2,1-2H3,(H,33,34,35);/q;+1/p-1. The molecule has 0 fully saturated rings. The van der Waals surface area contributed by atoms with Crippen molar-refractivity contribution >= 4 is 21.5 Å². The molecular formula is C31H37NaO6S2. The van der Waals surface area contributed by atoms with Gasteiger partial charge in [0, 0.05) is 16.2 Å². The Morgan fingerprint density at radius 1 is 0.900 bits per heavy atom. The molecule has 0 spiro atoms. The fourth-order valence-corrected chi connectivity index (χ4v) is 5.65. The zero-order valence-corrected chi connectivity index (χ0v) is 27.3. The van der Waals surface area contributed by atoms with Crippen LogP contribution in [0.1, 0.15) is 82.6 Å². The van der Waals surface area contributed by atoms with Gasteiger partial charge in [-0.2, -0.15) is 0 Å². The number of hydrogen-bond donors (Lipinski definition) is 1. The minimum absolute atomic E-state index is 0. The van der Waals surface area contributed by atoms with Gasteiger partial charge in [0.05, 0.1) is 11.5 Å². The summed E-state index contributed by atoms with van der Waals surface area (Å²) in [6, 6.07) is 14.7. The quantitative estimate of drug-likeness (QED) is 0.114. The molecule has 210 valence electrons. The van der Waals surface area contributed by atoms with Gasteiger partial charge in [0.25, 0.3) is 0 Å². The normalized spacial score (nSPS) is 11.7. The zero-order valence-electron chi connectivity index (χ0n) is 23.6. The molecule has 3 aromatic rings. The van der Waals surface area contributed by atoms with Crippen LogP contribution in [0.15, 0.2) is 59.5 Å². The molecule has 0 saturated heterocycles. The molecule has 1 heterocycles. The molecule has 0 radical (unpaired) electrons. The van der Waals surface area contributed by atoms with Crippen LogP contribution in [0.25, 0.3) is 10.4 Å². The summed E-state index contributed by atoms with van der Waals surface area (Å²) in [6.45, 7) is 4.62. The first-order valence-electron chi connectivity index (χ1n) is 13.6. The van der Waals surface area contributed by atoms with Crippen molar-refractivity contribution in [2.24, 2.45) is 0 Å². The molecule has 0 bridgehead atoms. The van der Waals surface area contributed by atoms with E-state index in [0.29, 0.717) is 33.4 Å². The van der Waals surface area contributed by atoms with E-state index in [1.54, 1.807) is 42.5 Å². The third-order valence-electron chi connectivity index (χ3n) is 6.15. The van der Waals surface area contributed by atoms with E-state index in [9.17, 15) is 18.1 Å². The fraction of sp³-hybridized carbons (Fsp3) is 0.419. The average molecular weight is 593 g/mol. The van der Waals surface area contributed by atoms with Crippen LogP contribution < -0.4 is 39.0 Å². The van der Waals surface area contributed by atoms with Gasteiger partial charge in [-0.3, -0.25) is 0 Å². The second-order valence-corrected chi connectivity index (χ2v) is 11.7. The maximum Gasteiger partial charge on any atom is 1.00 e. The topological polar surface area (TPSA) is 95.9 Å². The molecule has 0 amide bonds. The zero-order chi connectivity index (χ0) is 28.1. The summed E-state index contributed by atoms with van der Waals surface area (Å²) in [5, 5.41) is 10.5. The van der Waals surface area contributed by atoms with Crippen molar-refractivity contribution in [3.8, 4) is 39.5 Å². The maximum absolute atomic E-state index is 12.0. The smallest absolute Gasteiger partial charge is 0.744 e. The second-order valence-electron chi connectivity index (χ2n) is 9.27. The summed E-state index contributed by atoms with van der Waals surface area (Å²) >= 11 is 1.31. The van der Waals surface area contributed by atoms with Gasteiger partial charge in [-0.1, -0.05) is 57.8 Å². The Balaban J connectivity index is 0.00000560. The van der Waals surface area contributed by atoms with Crippen molar-refractivity contribution in [1.82, 2.24) is 0 Å². The molecule has 1 aromatic heterocycles. The van der Waals surface area contributed by atoms with Gasteiger partial charge >= 0.3 is 29.6 Å². The van der Waals surface area contributed by atoms with Crippen LogP contribution in [0.4, 0.5) is 0 Å². The monoisotopic (exact) mass is 592 g/mol. The van der Waals surface area contributed by atoms with E-state index in [4.69, 9.17) is 9.47 Å². The summed E-state index contributed by atoms with van der Waals surface area (Å²) in [5.41, 5.74) is 0.541. The molecule has 0 aliphatic heterocycles. The van der Waals surface area contributed by atoms with Crippen LogP contribution in [0, 0.1) is 11.8 Å². The Morgan fingerprint density at radius 3 is 2.20 bits per heavy atom. The minimum atomic E-state index is -4.81. The van der Waals surface area contributed by atoms with Crippen LogP contribution in [0.3, 0.4) is 0 Å². The van der Waals surface area contributed by atoms with Crippen LogP contribution in [0.2, 0.25) is 0 Å². The number of ether oxygens (including phenoxy) is 2. The third kappa shape index (κ3) is 11.2. The van der Waals surface area contributed by atoms with E-state index in [1.165, 1.54) is 62.0 Å². The number of rotatable bonds is 15. The Morgan fingerprint density at radius 2 is 1.55 bits per heavy atom. The number of benzene rings is 2. The second kappa shape index (κ2) is 17.9. The van der Waals surface area contributed by atoms with Crippen molar-refractivity contribution in [2.45, 2.75) is 82.6 Å². The molecule has 0 saturated carbocycles. The van der Waals surface area contributed by atoms with E-state index in [-0.39, 0.29) is 35.3 Å². The molecule has 1 atom stereocenters. The van der Waals surface area contributed by atoms with Crippen LogP contribution in [-0.2, 0) is 10.1 Å². The van der Waals surface area contributed by atoms with Crippen molar-refractivity contribution in [3.63, 3.8) is 0 Å². The van der Waals surface area contributed by atoms with E-state index >= 15 is 0 Å². The molecule has 6 nitrogen and oxygen atoms in total. The largest absolute Gasteiger partial charge is 1.00 e. The molecule has 0 aliphatic carbocycles. The van der Waals surface area contributed by atoms with Gasteiger partial charge in [0.2, 0.25) is 0 Å². The van der Waals surface area contributed by atoms with Gasteiger partial charge in [-0.05, 0) is 73.5 Å². The van der Waals surface area contributed by atoms with Gasteiger partial charge in [0.15, 0.2) is 0 Å². The summed E-state index contributed by atoms with van der Waals surface area (Å²) in [5.74, 6) is 6.96. The first kappa shape index (κ1) is 34.4. The molecule has 1 N–H and O–H groups in total. The number of aliphatic hydroxyl groups is 1. The maximum atomic E-state index is 12.0. The molecule has 0 aliphatic rings. The van der Waals surface area contributed by atoms with E-state index in [2.05, 4.69) is 18.8 Å². The Labute approximate surface area is 265 Å². The van der Waals surface area contributed by atoms with Gasteiger partial charge in [-0.15, -0.1) is 17.3 Å². The Kier molecular flexibility index (Phi) is 15.4. The Hall–Kier alpha value is -1.83. The van der Waals surface area contributed by atoms with E-state index in [0.717, 1.165) is 19.3 Å². The fourth-order valence-electron chi connectivity index (χ4n) is 4.08. The summed E-state index contributed by atoms with van der Waals surface area (Å²) in [7, 11) is -4.81. The predicted molar refractivity (Wildman–Crippen MR) is 155 cm³/mol. The molecule has 40 heavy (non-hydrogen) atoms. The van der Waals surface area contributed by atoms with Crippen molar-refractivity contribution in [3.05, 3.63) is 59.5 Å². The summed E-state index contributed by atoms with van der Waals surface area (Å²) in [4.78, 5) is 0.927. The first-order chi connectivity index (χ1) is 18.8. The van der Waals surface area contributed by atoms with Crippen LogP contribution in [0.5, 0.6) is 17.2 Å². The molecule has 9 heteroatoms. The molecule has 3 rings (SSSR count). The van der Waals surface area contributed by atoms with Gasteiger partial charge in [-0.25, -0.2) is 8.42 Å². The molecule has 2 aromatic carbocycles. The molecule has 1 unspecified atom stereocenters. The number of unbranched alkanes of at least 4 members (excludes halogenated alkanes) is 8. The molecular weight excluding hydrogens is 555 g/mol. The summed E-state index contributed by atoms with van der Waals surface area (Å²) in [6.07, 6.45) is 9.74. The van der Waals surface area contributed by atoms with E-state index in [1.807, 2.05) is 6.92 Å². The number of hydrogen-bond acceptors (Lipinski definition) is 7. The first-order valence-corrected chi connectivity index (χ1v) is 15.8. The Bertz CT molecular complexity index is 1340. The predicted octanol–water partition coefficient (Wildman–Crippen LogP) is 5.08. The van der Waals surface area contributed by atoms with Crippen molar-refractivity contribution in [2.75, 3.05) is 6.61 Å². The van der Waals surface area contributed by atoms with Crippen LogP contribution in [-0.4, -0.2) is 24.7 Å². The average Bonchev–Trinajstić information content (AvgIpc) is 3.41.